The summed E-state index contributed by atoms with van der Waals surface area (Å²) in [5.41, 5.74) is 0.705. The first-order valence-corrected chi connectivity index (χ1v) is 12.7. The van der Waals surface area contributed by atoms with Gasteiger partial charge in [0.1, 0.15) is 5.82 Å². The van der Waals surface area contributed by atoms with Crippen molar-refractivity contribution in [1.29, 1.82) is 0 Å². The lowest BCUT2D eigenvalue weighted by molar-refractivity contribution is -0.122. The molecule has 0 aromatic heterocycles. The SMILES string of the molecule is CCCCOc1cc(/C=C2\S/C(=N/S(=O)(=O)c3ccc(F)cc3)N(CC)C2=O)ccc1OC. The van der Waals surface area contributed by atoms with Gasteiger partial charge in [0.05, 0.1) is 23.5 Å². The number of nitrogens with zero attached hydrogens (tertiary/aromatic N) is 2. The van der Waals surface area contributed by atoms with E-state index in [1.165, 1.54) is 4.90 Å². The number of ether oxygens (including phenoxy) is 2. The summed E-state index contributed by atoms with van der Waals surface area (Å²) in [5.74, 6) is 0.252. The Morgan fingerprint density at radius 3 is 2.48 bits per heavy atom. The summed E-state index contributed by atoms with van der Waals surface area (Å²) < 4.78 is 53.5. The van der Waals surface area contributed by atoms with Crippen molar-refractivity contribution in [2.24, 2.45) is 4.40 Å². The van der Waals surface area contributed by atoms with Gasteiger partial charge < -0.3 is 9.47 Å². The Hall–Kier alpha value is -2.85. The highest BCUT2D eigenvalue weighted by Gasteiger charge is 2.34. The lowest BCUT2D eigenvalue weighted by atomic mass is 10.2. The Labute approximate surface area is 197 Å². The Balaban J connectivity index is 1.91. The van der Waals surface area contributed by atoms with Crippen LogP contribution >= 0.6 is 11.8 Å². The second kappa shape index (κ2) is 10.8. The molecule has 0 atom stereocenters. The zero-order chi connectivity index (χ0) is 24.0. The minimum atomic E-state index is -4.11. The molecule has 7 nitrogen and oxygen atoms in total. The zero-order valence-electron chi connectivity index (χ0n) is 18.6. The van der Waals surface area contributed by atoms with Gasteiger partial charge in [0.25, 0.3) is 15.9 Å². The van der Waals surface area contributed by atoms with Crippen LogP contribution in [0.25, 0.3) is 6.08 Å². The second-order valence-corrected chi connectivity index (χ2v) is 9.69. The van der Waals surface area contributed by atoms with E-state index in [-0.39, 0.29) is 22.5 Å². The van der Waals surface area contributed by atoms with Crippen molar-refractivity contribution in [2.75, 3.05) is 20.3 Å². The quantitative estimate of drug-likeness (QED) is 0.373. The summed E-state index contributed by atoms with van der Waals surface area (Å²) in [6.07, 6.45) is 3.55. The third-order valence-corrected chi connectivity index (χ3v) is 7.16. The number of amides is 1. The first-order chi connectivity index (χ1) is 15.8. The smallest absolute Gasteiger partial charge is 0.284 e. The van der Waals surface area contributed by atoms with Gasteiger partial charge in [-0.15, -0.1) is 4.40 Å². The van der Waals surface area contributed by atoms with Gasteiger partial charge in [0, 0.05) is 6.54 Å². The molecule has 2 aromatic rings. The number of methoxy groups -OCH3 is 1. The number of thioether (sulfide) groups is 1. The minimum Gasteiger partial charge on any atom is -0.493 e. The van der Waals surface area contributed by atoms with Crippen molar-refractivity contribution < 1.29 is 27.1 Å². The molecule has 1 heterocycles. The van der Waals surface area contributed by atoms with Crippen LogP contribution in [-0.2, 0) is 14.8 Å². The molecule has 1 fully saturated rings. The molecule has 33 heavy (non-hydrogen) atoms. The number of carbonyl (C=O) groups excluding carboxylic acids is 1. The maximum Gasteiger partial charge on any atom is 0.284 e. The third kappa shape index (κ3) is 5.94. The standard InChI is InChI=1S/C23H25FN2O5S2/c1-4-6-13-31-20-14-16(7-12-19(20)30-3)15-21-22(27)26(5-2)23(32-21)25-33(28,29)18-10-8-17(24)9-11-18/h7-12,14-15H,4-6,13H2,1-3H3/b21-15-,25-23+. The molecule has 1 aliphatic rings. The van der Waals surface area contributed by atoms with E-state index < -0.39 is 15.8 Å². The van der Waals surface area contributed by atoms with Crippen molar-refractivity contribution >= 4 is 38.9 Å². The molecular formula is C23H25FN2O5S2. The van der Waals surface area contributed by atoms with E-state index in [0.717, 1.165) is 48.9 Å². The molecule has 3 rings (SSSR count). The molecule has 0 N–H and O–H groups in total. The topological polar surface area (TPSA) is 85.3 Å². The predicted molar refractivity (Wildman–Crippen MR) is 127 cm³/mol. The lowest BCUT2D eigenvalue weighted by Crippen LogP contribution is -2.29. The van der Waals surface area contributed by atoms with Crippen molar-refractivity contribution in [3.8, 4) is 11.5 Å². The highest BCUT2D eigenvalue weighted by atomic mass is 32.2. The van der Waals surface area contributed by atoms with Gasteiger partial charge in [-0.25, -0.2) is 4.39 Å². The highest BCUT2D eigenvalue weighted by Crippen LogP contribution is 2.35. The number of sulfonamides is 1. The van der Waals surface area contributed by atoms with E-state index in [2.05, 4.69) is 11.3 Å². The maximum absolute atomic E-state index is 13.2. The summed E-state index contributed by atoms with van der Waals surface area (Å²) in [7, 11) is -2.55. The molecule has 2 aromatic carbocycles. The van der Waals surface area contributed by atoms with Crippen molar-refractivity contribution in [2.45, 2.75) is 31.6 Å². The monoisotopic (exact) mass is 492 g/mol. The van der Waals surface area contributed by atoms with Gasteiger partial charge >= 0.3 is 0 Å². The van der Waals surface area contributed by atoms with Gasteiger partial charge in [-0.05, 0) is 73.1 Å². The summed E-state index contributed by atoms with van der Waals surface area (Å²) in [6, 6.07) is 9.69. The fourth-order valence-electron chi connectivity index (χ4n) is 2.99. The molecule has 1 amide bonds. The van der Waals surface area contributed by atoms with Gasteiger partial charge in [-0.3, -0.25) is 9.69 Å². The molecule has 0 radical (unpaired) electrons. The van der Waals surface area contributed by atoms with E-state index >= 15 is 0 Å². The fourth-order valence-corrected chi connectivity index (χ4v) is 5.24. The summed E-state index contributed by atoms with van der Waals surface area (Å²) in [6.45, 7) is 4.59. The number of unbranched alkanes of at least 4 members (excludes halogenated alkanes) is 1. The van der Waals surface area contributed by atoms with E-state index in [9.17, 15) is 17.6 Å². The Kier molecular flexibility index (Phi) is 8.15. The van der Waals surface area contributed by atoms with Gasteiger partial charge in [-0.2, -0.15) is 8.42 Å². The predicted octanol–water partition coefficient (Wildman–Crippen LogP) is 4.69. The normalized spacial score (nSPS) is 16.6. The number of amidine groups is 1. The molecule has 0 aliphatic carbocycles. The molecule has 10 heteroatoms. The van der Waals surface area contributed by atoms with E-state index in [4.69, 9.17) is 9.47 Å². The molecule has 1 aliphatic heterocycles. The average molecular weight is 493 g/mol. The Morgan fingerprint density at radius 2 is 1.85 bits per heavy atom. The summed E-state index contributed by atoms with van der Waals surface area (Å²) >= 11 is 0.970. The maximum atomic E-state index is 13.2. The fraction of sp³-hybridized carbons (Fsp3) is 0.304. The van der Waals surface area contributed by atoms with Crippen LogP contribution in [0.5, 0.6) is 11.5 Å². The summed E-state index contributed by atoms with van der Waals surface area (Å²) in [5, 5.41) is 0.0472. The van der Waals surface area contributed by atoms with E-state index in [1.807, 2.05) is 0 Å². The average Bonchev–Trinajstić information content (AvgIpc) is 3.07. The third-order valence-electron chi connectivity index (χ3n) is 4.75. The van der Waals surface area contributed by atoms with E-state index in [0.29, 0.717) is 28.6 Å². The number of halogens is 1. The Morgan fingerprint density at radius 1 is 1.12 bits per heavy atom. The van der Waals surface area contributed by atoms with Crippen LogP contribution in [0.4, 0.5) is 4.39 Å². The van der Waals surface area contributed by atoms with Crippen LogP contribution in [0.1, 0.15) is 32.3 Å². The molecule has 0 bridgehead atoms. The van der Waals surface area contributed by atoms with Crippen molar-refractivity contribution in [3.63, 3.8) is 0 Å². The number of rotatable bonds is 9. The van der Waals surface area contributed by atoms with Crippen molar-refractivity contribution in [3.05, 3.63) is 58.8 Å². The van der Waals surface area contributed by atoms with Crippen LogP contribution in [0.2, 0.25) is 0 Å². The van der Waals surface area contributed by atoms with Gasteiger partial charge in [0.2, 0.25) is 0 Å². The lowest BCUT2D eigenvalue weighted by Gasteiger charge is -2.12. The first-order valence-electron chi connectivity index (χ1n) is 10.4. The minimum absolute atomic E-state index is 0.0472. The number of likely N-dealkylation sites (N-methyl/N-ethyl adjacent to an activating group) is 1. The number of benzene rings is 2. The summed E-state index contributed by atoms with van der Waals surface area (Å²) in [4.78, 5) is 14.4. The highest BCUT2D eigenvalue weighted by molar-refractivity contribution is 8.19. The van der Waals surface area contributed by atoms with Crippen molar-refractivity contribution in [1.82, 2.24) is 4.90 Å². The molecule has 176 valence electrons. The number of carbonyl (C=O) groups is 1. The van der Waals surface area contributed by atoms with Crippen LogP contribution in [0, 0.1) is 5.82 Å². The van der Waals surface area contributed by atoms with Crippen LogP contribution in [0.3, 0.4) is 0 Å². The van der Waals surface area contributed by atoms with Gasteiger partial charge in [0.15, 0.2) is 16.7 Å². The zero-order valence-corrected chi connectivity index (χ0v) is 20.2. The second-order valence-electron chi connectivity index (χ2n) is 7.08. The molecule has 0 saturated carbocycles. The molecule has 0 unspecified atom stereocenters. The van der Waals surface area contributed by atoms with Gasteiger partial charge in [-0.1, -0.05) is 19.4 Å². The largest absolute Gasteiger partial charge is 0.493 e. The van der Waals surface area contributed by atoms with Crippen LogP contribution in [0.15, 0.2) is 56.7 Å². The Bertz CT molecular complexity index is 1180. The molecular weight excluding hydrogens is 467 g/mol. The molecule has 1 saturated heterocycles. The first kappa shape index (κ1) is 24.8. The van der Waals surface area contributed by atoms with Crippen LogP contribution < -0.4 is 9.47 Å². The number of hydrogen-bond acceptors (Lipinski definition) is 6. The molecule has 0 spiro atoms. The number of hydrogen-bond donors (Lipinski definition) is 0. The van der Waals surface area contributed by atoms with E-state index in [1.54, 1.807) is 38.3 Å². The van der Waals surface area contributed by atoms with Crippen LogP contribution in [-0.4, -0.2) is 44.7 Å².